The minimum Gasteiger partial charge on any atom is -0.351 e. The van der Waals surface area contributed by atoms with Crippen molar-refractivity contribution in [3.8, 4) is 6.19 Å². The lowest BCUT2D eigenvalue weighted by Crippen LogP contribution is -2.45. The number of rotatable bonds is 2. The average molecular weight is 271 g/mol. The highest BCUT2D eigenvalue weighted by atomic mass is 35.5. The summed E-state index contributed by atoms with van der Waals surface area (Å²) in [6, 6.07) is 0.821. The Bertz CT molecular complexity index is 364. The molecule has 5 nitrogen and oxygen atoms in total. The normalized spacial score (nSPS) is 37.2. The molecule has 4 atom stereocenters. The number of nitrogens with zero attached hydrogens (tertiary/aromatic N) is 2. The van der Waals surface area contributed by atoms with Crippen LogP contribution in [0.3, 0.4) is 0 Å². The summed E-state index contributed by atoms with van der Waals surface area (Å²) in [7, 11) is 0. The zero-order chi connectivity index (χ0) is 11.8. The third kappa shape index (κ3) is 2.15. The maximum absolute atomic E-state index is 12.0. The molecule has 3 fully saturated rings. The second-order valence-corrected chi connectivity index (χ2v) is 5.35. The van der Waals surface area contributed by atoms with Crippen molar-refractivity contribution in [3.63, 3.8) is 0 Å². The maximum Gasteiger partial charge on any atom is 0.224 e. The van der Waals surface area contributed by atoms with Crippen LogP contribution in [0.25, 0.3) is 0 Å². The van der Waals surface area contributed by atoms with Crippen molar-refractivity contribution in [2.24, 2.45) is 5.92 Å². The number of nitrogens with one attached hydrogen (secondary N) is 2. The number of halogens is 1. The Morgan fingerprint density at radius 3 is 2.83 bits per heavy atom. The van der Waals surface area contributed by atoms with Gasteiger partial charge in [-0.25, -0.2) is 0 Å². The fraction of sp³-hybridized carbons (Fsp3) is 0.833. The average Bonchev–Trinajstić information content (AvgIpc) is 3.04. The van der Waals surface area contributed by atoms with E-state index < -0.39 is 0 Å². The molecule has 0 aliphatic carbocycles. The molecule has 0 aromatic carbocycles. The molecule has 18 heavy (non-hydrogen) atoms. The van der Waals surface area contributed by atoms with E-state index in [4.69, 9.17) is 5.26 Å². The number of hydrogen-bond acceptors (Lipinski definition) is 4. The SMILES string of the molecule is Cl.N#CN1[C@H]2CC[C@@H]1[C@H](NC(=O)C1CCNC1)C2. The maximum atomic E-state index is 12.0. The van der Waals surface area contributed by atoms with Gasteiger partial charge in [-0.3, -0.25) is 4.79 Å². The molecule has 0 radical (unpaired) electrons. The van der Waals surface area contributed by atoms with E-state index in [1.807, 2.05) is 4.90 Å². The van der Waals surface area contributed by atoms with E-state index in [1.54, 1.807) is 0 Å². The van der Waals surface area contributed by atoms with Crippen LogP contribution in [-0.2, 0) is 4.79 Å². The second-order valence-electron chi connectivity index (χ2n) is 5.35. The standard InChI is InChI=1S/C12H18N4O.ClH/c13-7-16-9-1-2-11(16)10(5-9)15-12(17)8-3-4-14-6-8;/h8-11,14H,1-6H2,(H,15,17);1H/t8?,9-,10+,11+;/m0./s1. The Morgan fingerprint density at radius 2 is 2.22 bits per heavy atom. The molecular weight excluding hydrogens is 252 g/mol. The molecule has 0 spiro atoms. The van der Waals surface area contributed by atoms with Crippen LogP contribution >= 0.6 is 12.4 Å². The van der Waals surface area contributed by atoms with Crippen LogP contribution < -0.4 is 10.6 Å². The zero-order valence-corrected chi connectivity index (χ0v) is 11.1. The molecule has 2 bridgehead atoms. The fourth-order valence-electron chi connectivity index (χ4n) is 3.48. The van der Waals surface area contributed by atoms with Crippen LogP contribution in [0.5, 0.6) is 0 Å². The number of fused-ring (bicyclic) bond motifs is 2. The third-order valence-corrected chi connectivity index (χ3v) is 4.41. The van der Waals surface area contributed by atoms with Crippen molar-refractivity contribution >= 4 is 18.3 Å². The van der Waals surface area contributed by atoms with Gasteiger partial charge in [-0.15, -0.1) is 12.4 Å². The van der Waals surface area contributed by atoms with Gasteiger partial charge < -0.3 is 15.5 Å². The quantitative estimate of drug-likeness (QED) is 0.705. The van der Waals surface area contributed by atoms with E-state index in [0.29, 0.717) is 6.04 Å². The molecule has 3 heterocycles. The highest BCUT2D eigenvalue weighted by Crippen LogP contribution is 2.37. The molecule has 0 aromatic rings. The van der Waals surface area contributed by atoms with Crippen molar-refractivity contribution in [3.05, 3.63) is 0 Å². The lowest BCUT2D eigenvalue weighted by Gasteiger charge is -2.23. The van der Waals surface area contributed by atoms with Gasteiger partial charge >= 0.3 is 0 Å². The minimum absolute atomic E-state index is 0. The summed E-state index contributed by atoms with van der Waals surface area (Å²) >= 11 is 0. The predicted octanol–water partition coefficient (Wildman–Crippen LogP) is 0.220. The highest BCUT2D eigenvalue weighted by Gasteiger charge is 2.46. The van der Waals surface area contributed by atoms with Gasteiger partial charge in [0.15, 0.2) is 6.19 Å². The molecular formula is C12H19ClN4O. The summed E-state index contributed by atoms with van der Waals surface area (Å²) in [6.07, 6.45) is 6.31. The summed E-state index contributed by atoms with van der Waals surface area (Å²) in [5.74, 6) is 0.301. The summed E-state index contributed by atoms with van der Waals surface area (Å²) in [4.78, 5) is 13.9. The predicted molar refractivity (Wildman–Crippen MR) is 69.0 cm³/mol. The summed E-state index contributed by atoms with van der Waals surface area (Å²) < 4.78 is 0. The van der Waals surface area contributed by atoms with Crippen LogP contribution in [-0.4, -0.2) is 42.0 Å². The Hall–Kier alpha value is -0.990. The van der Waals surface area contributed by atoms with Gasteiger partial charge in [0.05, 0.1) is 18.0 Å². The van der Waals surface area contributed by atoms with Gasteiger partial charge in [0.2, 0.25) is 5.91 Å². The van der Waals surface area contributed by atoms with Crippen molar-refractivity contribution in [2.75, 3.05) is 13.1 Å². The van der Waals surface area contributed by atoms with Gasteiger partial charge in [0.25, 0.3) is 0 Å². The van der Waals surface area contributed by atoms with E-state index in [0.717, 1.165) is 38.8 Å². The van der Waals surface area contributed by atoms with Crippen molar-refractivity contribution in [2.45, 2.75) is 43.8 Å². The largest absolute Gasteiger partial charge is 0.351 e. The first-order valence-corrected chi connectivity index (χ1v) is 6.49. The van der Waals surface area contributed by atoms with Crippen molar-refractivity contribution in [1.29, 1.82) is 5.26 Å². The fourth-order valence-corrected chi connectivity index (χ4v) is 3.48. The van der Waals surface area contributed by atoms with E-state index >= 15 is 0 Å². The number of hydrogen-bond donors (Lipinski definition) is 2. The zero-order valence-electron chi connectivity index (χ0n) is 10.3. The monoisotopic (exact) mass is 270 g/mol. The molecule has 0 aromatic heterocycles. The van der Waals surface area contributed by atoms with Crippen molar-refractivity contribution < 1.29 is 4.79 Å². The first kappa shape index (κ1) is 13.4. The van der Waals surface area contributed by atoms with Crippen LogP contribution in [0.4, 0.5) is 0 Å². The van der Waals surface area contributed by atoms with E-state index in [9.17, 15) is 4.79 Å². The lowest BCUT2D eigenvalue weighted by atomic mass is 9.95. The summed E-state index contributed by atoms with van der Waals surface area (Å²) in [5.41, 5.74) is 0. The van der Waals surface area contributed by atoms with Gasteiger partial charge in [-0.05, 0) is 32.2 Å². The molecule has 1 unspecified atom stereocenters. The van der Waals surface area contributed by atoms with Crippen molar-refractivity contribution in [1.82, 2.24) is 15.5 Å². The molecule has 6 heteroatoms. The highest BCUT2D eigenvalue weighted by molar-refractivity contribution is 5.85. The van der Waals surface area contributed by atoms with Crippen LogP contribution in [0.15, 0.2) is 0 Å². The smallest absolute Gasteiger partial charge is 0.224 e. The Balaban J connectivity index is 0.00000120. The number of carbonyl (C=O) groups is 1. The summed E-state index contributed by atoms with van der Waals surface area (Å²) in [5, 5.41) is 15.4. The number of nitriles is 1. The van der Waals surface area contributed by atoms with E-state index in [2.05, 4.69) is 16.8 Å². The van der Waals surface area contributed by atoms with Gasteiger partial charge in [0, 0.05) is 12.6 Å². The lowest BCUT2D eigenvalue weighted by molar-refractivity contribution is -0.125. The second kappa shape index (κ2) is 5.33. The van der Waals surface area contributed by atoms with Crippen LogP contribution in [0.1, 0.15) is 25.7 Å². The number of carbonyl (C=O) groups excluding carboxylic acids is 1. The molecule has 2 N–H and O–H groups in total. The summed E-state index contributed by atoms with van der Waals surface area (Å²) in [6.45, 7) is 1.74. The molecule has 3 rings (SSSR count). The first-order valence-electron chi connectivity index (χ1n) is 6.49. The van der Waals surface area contributed by atoms with Crippen LogP contribution in [0, 0.1) is 17.4 Å². The topological polar surface area (TPSA) is 68.2 Å². The minimum atomic E-state index is 0. The van der Waals surface area contributed by atoms with E-state index in [1.165, 1.54) is 0 Å². The molecule has 3 aliphatic rings. The molecule has 100 valence electrons. The third-order valence-electron chi connectivity index (χ3n) is 4.41. The first-order chi connectivity index (χ1) is 8.29. The number of amides is 1. The Kier molecular flexibility index (Phi) is 3.98. The molecule has 1 amide bonds. The Labute approximate surface area is 113 Å². The van der Waals surface area contributed by atoms with E-state index in [-0.39, 0.29) is 36.3 Å². The van der Waals surface area contributed by atoms with Gasteiger partial charge in [0.1, 0.15) is 0 Å². The Morgan fingerprint density at radius 1 is 1.39 bits per heavy atom. The van der Waals surface area contributed by atoms with Crippen LogP contribution in [0.2, 0.25) is 0 Å². The molecule has 3 saturated heterocycles. The van der Waals surface area contributed by atoms with Gasteiger partial charge in [-0.1, -0.05) is 0 Å². The van der Waals surface area contributed by atoms with Gasteiger partial charge in [-0.2, -0.15) is 5.26 Å². The molecule has 3 aliphatic heterocycles. The molecule has 0 saturated carbocycles.